The molecular weight excluding hydrogens is 344 g/mol. The molecule has 0 aliphatic heterocycles. The van der Waals surface area contributed by atoms with Crippen LogP contribution in [-0.4, -0.2) is 15.6 Å². The van der Waals surface area contributed by atoms with Crippen LogP contribution in [0.15, 0.2) is 84.1 Å². The molecule has 4 rings (SSSR count). The van der Waals surface area contributed by atoms with Gasteiger partial charge >= 0.3 is 0 Å². The SMILES string of the molecule is CC(C)(C)c1ccc(-c2nc(/C=N/Nc3ccccc3)c3ccccn23)cc1. The van der Waals surface area contributed by atoms with Gasteiger partial charge in [0.1, 0.15) is 11.5 Å². The van der Waals surface area contributed by atoms with Crippen LogP contribution < -0.4 is 5.43 Å². The van der Waals surface area contributed by atoms with Crippen molar-refractivity contribution in [2.24, 2.45) is 5.10 Å². The van der Waals surface area contributed by atoms with E-state index in [1.807, 2.05) is 48.7 Å². The second-order valence-corrected chi connectivity index (χ2v) is 7.84. The summed E-state index contributed by atoms with van der Waals surface area (Å²) in [4.78, 5) is 4.86. The molecule has 2 heterocycles. The Morgan fingerprint density at radius 3 is 2.32 bits per heavy atom. The number of benzene rings is 2. The van der Waals surface area contributed by atoms with E-state index in [0.717, 1.165) is 28.3 Å². The minimum absolute atomic E-state index is 0.133. The number of aromatic nitrogens is 2. The van der Waals surface area contributed by atoms with Gasteiger partial charge in [0.2, 0.25) is 0 Å². The number of hydrogen-bond donors (Lipinski definition) is 1. The van der Waals surface area contributed by atoms with Crippen molar-refractivity contribution in [1.82, 2.24) is 9.38 Å². The molecule has 1 N–H and O–H groups in total. The Morgan fingerprint density at radius 2 is 1.61 bits per heavy atom. The van der Waals surface area contributed by atoms with Gasteiger partial charge in [-0.25, -0.2) is 4.98 Å². The van der Waals surface area contributed by atoms with Crippen LogP contribution in [0.2, 0.25) is 0 Å². The zero-order valence-corrected chi connectivity index (χ0v) is 16.4. The number of nitrogens with one attached hydrogen (secondary N) is 1. The smallest absolute Gasteiger partial charge is 0.145 e. The molecule has 0 saturated carbocycles. The number of para-hydroxylation sites is 1. The Morgan fingerprint density at radius 1 is 0.893 bits per heavy atom. The van der Waals surface area contributed by atoms with Crippen molar-refractivity contribution >= 4 is 17.4 Å². The highest BCUT2D eigenvalue weighted by atomic mass is 15.3. The molecule has 0 saturated heterocycles. The molecule has 2 aromatic heterocycles. The van der Waals surface area contributed by atoms with E-state index in [4.69, 9.17) is 4.98 Å². The number of hydrogen-bond acceptors (Lipinski definition) is 3. The number of nitrogens with zero attached hydrogens (tertiary/aromatic N) is 3. The molecule has 4 aromatic rings. The van der Waals surface area contributed by atoms with Crippen molar-refractivity contribution in [3.8, 4) is 11.4 Å². The summed E-state index contributed by atoms with van der Waals surface area (Å²) in [5.41, 5.74) is 8.38. The highest BCUT2D eigenvalue weighted by Crippen LogP contribution is 2.27. The molecule has 140 valence electrons. The first kappa shape index (κ1) is 18.0. The van der Waals surface area contributed by atoms with Crippen molar-refractivity contribution in [2.45, 2.75) is 26.2 Å². The van der Waals surface area contributed by atoms with E-state index in [1.54, 1.807) is 6.21 Å². The zero-order chi connectivity index (χ0) is 19.6. The Hall–Kier alpha value is -3.40. The molecule has 0 aliphatic rings. The lowest BCUT2D eigenvalue weighted by Crippen LogP contribution is -2.10. The number of pyridine rings is 1. The van der Waals surface area contributed by atoms with Crippen LogP contribution in [0.1, 0.15) is 32.0 Å². The van der Waals surface area contributed by atoms with E-state index < -0.39 is 0 Å². The lowest BCUT2D eigenvalue weighted by molar-refractivity contribution is 0.590. The largest absolute Gasteiger partial charge is 0.299 e. The van der Waals surface area contributed by atoms with Gasteiger partial charge in [0.25, 0.3) is 0 Å². The van der Waals surface area contributed by atoms with Crippen LogP contribution in [-0.2, 0) is 5.41 Å². The zero-order valence-electron chi connectivity index (χ0n) is 16.4. The van der Waals surface area contributed by atoms with Crippen molar-refractivity contribution in [3.63, 3.8) is 0 Å². The fraction of sp³-hybridized carbons (Fsp3) is 0.167. The Kier molecular flexibility index (Phi) is 4.70. The predicted octanol–water partition coefficient (Wildman–Crippen LogP) is 5.74. The third-order valence-electron chi connectivity index (χ3n) is 4.74. The fourth-order valence-electron chi connectivity index (χ4n) is 3.16. The first-order chi connectivity index (χ1) is 13.5. The molecule has 0 amide bonds. The van der Waals surface area contributed by atoms with Crippen LogP contribution in [0.5, 0.6) is 0 Å². The van der Waals surface area contributed by atoms with E-state index in [9.17, 15) is 0 Å². The number of rotatable bonds is 4. The molecule has 28 heavy (non-hydrogen) atoms. The second-order valence-electron chi connectivity index (χ2n) is 7.84. The normalized spacial score (nSPS) is 12.0. The van der Waals surface area contributed by atoms with Gasteiger partial charge < -0.3 is 0 Å². The monoisotopic (exact) mass is 368 g/mol. The molecule has 0 atom stereocenters. The predicted molar refractivity (Wildman–Crippen MR) is 117 cm³/mol. The topological polar surface area (TPSA) is 41.7 Å². The molecule has 0 radical (unpaired) electrons. The van der Waals surface area contributed by atoms with Gasteiger partial charge in [0.05, 0.1) is 17.4 Å². The summed E-state index contributed by atoms with van der Waals surface area (Å²) in [5, 5.41) is 4.36. The van der Waals surface area contributed by atoms with Gasteiger partial charge in [-0.2, -0.15) is 5.10 Å². The molecule has 4 nitrogen and oxygen atoms in total. The third-order valence-corrected chi connectivity index (χ3v) is 4.74. The maximum absolute atomic E-state index is 4.86. The van der Waals surface area contributed by atoms with Gasteiger partial charge in [0, 0.05) is 11.8 Å². The molecule has 0 fully saturated rings. The lowest BCUT2D eigenvalue weighted by Gasteiger charge is -2.19. The van der Waals surface area contributed by atoms with Gasteiger partial charge in [-0.15, -0.1) is 0 Å². The number of imidazole rings is 1. The van der Waals surface area contributed by atoms with Crippen molar-refractivity contribution in [3.05, 3.63) is 90.3 Å². The van der Waals surface area contributed by atoms with Crippen LogP contribution >= 0.6 is 0 Å². The lowest BCUT2D eigenvalue weighted by atomic mass is 9.87. The minimum Gasteiger partial charge on any atom is -0.299 e. The van der Waals surface area contributed by atoms with E-state index in [0.29, 0.717) is 0 Å². The first-order valence-electron chi connectivity index (χ1n) is 9.44. The Bertz CT molecular complexity index is 1100. The van der Waals surface area contributed by atoms with Gasteiger partial charge in [0.15, 0.2) is 0 Å². The maximum atomic E-state index is 4.86. The van der Waals surface area contributed by atoms with Crippen LogP contribution in [0.3, 0.4) is 0 Å². The number of anilines is 1. The molecule has 4 heteroatoms. The quantitative estimate of drug-likeness (QED) is 0.368. The highest BCUT2D eigenvalue weighted by molar-refractivity contribution is 5.89. The van der Waals surface area contributed by atoms with Gasteiger partial charge in [-0.1, -0.05) is 69.3 Å². The third kappa shape index (κ3) is 3.67. The van der Waals surface area contributed by atoms with E-state index in [2.05, 4.69) is 66.0 Å². The molecule has 2 aromatic carbocycles. The standard InChI is InChI=1S/C24H24N4/c1-24(2,3)19-14-12-18(13-15-19)23-26-21(22-11-7-8-16-28(22)23)17-25-27-20-9-5-4-6-10-20/h4-17,27H,1-3H3/b25-17+. The number of hydrazone groups is 1. The Balaban J connectivity index is 1.68. The molecule has 0 aliphatic carbocycles. The second kappa shape index (κ2) is 7.31. The summed E-state index contributed by atoms with van der Waals surface area (Å²) < 4.78 is 2.11. The van der Waals surface area contributed by atoms with Crippen molar-refractivity contribution < 1.29 is 0 Å². The summed E-state index contributed by atoms with van der Waals surface area (Å²) in [5.74, 6) is 0.914. The summed E-state index contributed by atoms with van der Waals surface area (Å²) in [6, 6.07) is 24.6. The average molecular weight is 368 g/mol. The summed E-state index contributed by atoms with van der Waals surface area (Å²) in [6.45, 7) is 6.67. The molecule has 0 unspecified atom stereocenters. The molecule has 0 bridgehead atoms. The minimum atomic E-state index is 0.133. The summed E-state index contributed by atoms with van der Waals surface area (Å²) in [6.07, 6.45) is 3.81. The summed E-state index contributed by atoms with van der Waals surface area (Å²) in [7, 11) is 0. The van der Waals surface area contributed by atoms with Crippen LogP contribution in [0.25, 0.3) is 16.9 Å². The average Bonchev–Trinajstić information content (AvgIpc) is 3.07. The maximum Gasteiger partial charge on any atom is 0.145 e. The van der Waals surface area contributed by atoms with Crippen LogP contribution in [0, 0.1) is 0 Å². The first-order valence-corrected chi connectivity index (χ1v) is 9.44. The van der Waals surface area contributed by atoms with E-state index in [1.165, 1.54) is 5.56 Å². The van der Waals surface area contributed by atoms with Gasteiger partial charge in [-0.3, -0.25) is 9.83 Å². The van der Waals surface area contributed by atoms with Crippen molar-refractivity contribution in [2.75, 3.05) is 5.43 Å². The summed E-state index contributed by atoms with van der Waals surface area (Å²) >= 11 is 0. The highest BCUT2D eigenvalue weighted by Gasteiger charge is 2.15. The van der Waals surface area contributed by atoms with Crippen LogP contribution in [0.4, 0.5) is 5.69 Å². The fourth-order valence-corrected chi connectivity index (χ4v) is 3.16. The van der Waals surface area contributed by atoms with E-state index >= 15 is 0 Å². The Labute approximate surface area is 165 Å². The molecular formula is C24H24N4. The van der Waals surface area contributed by atoms with Gasteiger partial charge in [-0.05, 0) is 35.2 Å². The number of fused-ring (bicyclic) bond motifs is 1. The van der Waals surface area contributed by atoms with E-state index in [-0.39, 0.29) is 5.41 Å². The van der Waals surface area contributed by atoms with Crippen molar-refractivity contribution in [1.29, 1.82) is 0 Å². The molecule has 0 spiro atoms.